The summed E-state index contributed by atoms with van der Waals surface area (Å²) in [5, 5.41) is 6.41. The first-order chi connectivity index (χ1) is 10.1. The van der Waals surface area contributed by atoms with Crippen molar-refractivity contribution in [1.82, 2.24) is 10.6 Å². The first kappa shape index (κ1) is 18.7. The molecule has 1 saturated heterocycles. The summed E-state index contributed by atoms with van der Waals surface area (Å²) in [6.07, 6.45) is -0.556. The van der Waals surface area contributed by atoms with E-state index in [4.69, 9.17) is 22.1 Å². The molecule has 2 amide bonds. The number of ether oxygens (including phenoxy) is 1. The van der Waals surface area contributed by atoms with Gasteiger partial charge in [0.2, 0.25) is 5.91 Å². The molecule has 2 rings (SSSR count). The Bertz CT molecular complexity index is 522. The molecule has 0 saturated carbocycles. The number of amides is 2. The predicted octanol–water partition coefficient (Wildman–Crippen LogP) is 0.783. The highest BCUT2D eigenvalue weighted by molar-refractivity contribution is 6.30. The summed E-state index contributed by atoms with van der Waals surface area (Å²) in [6.45, 7) is 1.66. The molecule has 2 atom stereocenters. The van der Waals surface area contributed by atoms with Crippen molar-refractivity contribution in [2.75, 3.05) is 19.7 Å². The number of morpholine rings is 1. The van der Waals surface area contributed by atoms with Gasteiger partial charge in [-0.2, -0.15) is 0 Å². The molecule has 4 N–H and O–H groups in total. The summed E-state index contributed by atoms with van der Waals surface area (Å²) in [5.41, 5.74) is 5.99. The fourth-order valence-corrected chi connectivity index (χ4v) is 2.37. The summed E-state index contributed by atoms with van der Waals surface area (Å²) in [5.74, 6) is -0.767. The smallest absolute Gasteiger partial charge is 0.250 e. The molecule has 1 fully saturated rings. The minimum atomic E-state index is -0.562. The quantitative estimate of drug-likeness (QED) is 0.733. The Hall–Kier alpha value is -1.34. The van der Waals surface area contributed by atoms with E-state index in [-0.39, 0.29) is 24.7 Å². The van der Waals surface area contributed by atoms with Crippen LogP contribution in [0, 0.1) is 0 Å². The highest BCUT2D eigenvalue weighted by atomic mass is 35.5. The largest absolute Gasteiger partial charge is 0.370 e. The monoisotopic (exact) mass is 347 g/mol. The van der Waals surface area contributed by atoms with E-state index in [1.807, 2.05) is 0 Å². The lowest BCUT2D eigenvalue weighted by molar-refractivity contribution is -0.135. The van der Waals surface area contributed by atoms with Crippen molar-refractivity contribution in [1.29, 1.82) is 0 Å². The summed E-state index contributed by atoms with van der Waals surface area (Å²) >= 11 is 5.95. The third-order valence-electron chi connectivity index (χ3n) is 3.19. The van der Waals surface area contributed by atoms with Gasteiger partial charge in [-0.1, -0.05) is 23.7 Å². The van der Waals surface area contributed by atoms with Crippen molar-refractivity contribution in [3.8, 4) is 0 Å². The Balaban J connectivity index is 0.00000242. The number of rotatable bonds is 5. The average Bonchev–Trinajstić information content (AvgIpc) is 2.47. The number of hydrogen-bond donors (Lipinski definition) is 3. The van der Waals surface area contributed by atoms with Gasteiger partial charge in [0.05, 0.1) is 19.1 Å². The topological polar surface area (TPSA) is 93.5 Å². The summed E-state index contributed by atoms with van der Waals surface area (Å²) in [4.78, 5) is 23.4. The van der Waals surface area contributed by atoms with Crippen molar-refractivity contribution < 1.29 is 14.3 Å². The number of benzene rings is 1. The van der Waals surface area contributed by atoms with Gasteiger partial charge in [0.25, 0.3) is 5.91 Å². The lowest BCUT2D eigenvalue weighted by Gasteiger charge is -2.25. The average molecular weight is 348 g/mol. The molecule has 8 heteroatoms. The molecule has 0 aromatic heterocycles. The fraction of sp³-hybridized carbons (Fsp3) is 0.429. The summed E-state index contributed by atoms with van der Waals surface area (Å²) in [6, 6.07) is 6.47. The van der Waals surface area contributed by atoms with Gasteiger partial charge in [0.15, 0.2) is 0 Å². The zero-order valence-corrected chi connectivity index (χ0v) is 13.5. The molecule has 6 nitrogen and oxygen atoms in total. The van der Waals surface area contributed by atoms with Gasteiger partial charge >= 0.3 is 0 Å². The van der Waals surface area contributed by atoms with Gasteiger partial charge in [-0.05, 0) is 17.7 Å². The molecule has 1 aromatic rings. The van der Waals surface area contributed by atoms with E-state index in [0.717, 1.165) is 12.1 Å². The molecule has 0 radical (unpaired) electrons. The summed E-state index contributed by atoms with van der Waals surface area (Å²) in [7, 11) is 0. The van der Waals surface area contributed by atoms with Crippen LogP contribution in [0.2, 0.25) is 5.02 Å². The number of carbonyl (C=O) groups is 2. The first-order valence-corrected chi connectivity index (χ1v) is 7.10. The van der Waals surface area contributed by atoms with E-state index >= 15 is 0 Å². The zero-order valence-electron chi connectivity index (χ0n) is 11.9. The molecule has 1 aromatic carbocycles. The van der Waals surface area contributed by atoms with Gasteiger partial charge in [-0.15, -0.1) is 12.4 Å². The maximum Gasteiger partial charge on any atom is 0.250 e. The molecule has 1 aliphatic heterocycles. The van der Waals surface area contributed by atoms with Gasteiger partial charge in [-0.25, -0.2) is 0 Å². The molecule has 122 valence electrons. The van der Waals surface area contributed by atoms with E-state index in [2.05, 4.69) is 10.6 Å². The highest BCUT2D eigenvalue weighted by Gasteiger charge is 2.25. The number of carbonyl (C=O) groups excluding carboxylic acids is 2. The van der Waals surface area contributed by atoms with Crippen LogP contribution < -0.4 is 16.4 Å². The number of primary amides is 1. The second-order valence-electron chi connectivity index (χ2n) is 4.85. The maximum atomic E-state index is 12.2. The number of hydrogen-bond acceptors (Lipinski definition) is 4. The third-order valence-corrected chi connectivity index (χ3v) is 3.43. The van der Waals surface area contributed by atoms with Crippen LogP contribution in [0.25, 0.3) is 0 Å². The van der Waals surface area contributed by atoms with Crippen LogP contribution >= 0.6 is 24.0 Å². The van der Waals surface area contributed by atoms with Crippen LogP contribution in [0.5, 0.6) is 0 Å². The van der Waals surface area contributed by atoms with Crippen LogP contribution in [-0.2, 0) is 14.3 Å². The van der Waals surface area contributed by atoms with Crippen LogP contribution in [-0.4, -0.2) is 37.6 Å². The van der Waals surface area contributed by atoms with Gasteiger partial charge in [-0.3, -0.25) is 9.59 Å². The first-order valence-electron chi connectivity index (χ1n) is 6.72. The second-order valence-corrected chi connectivity index (χ2v) is 5.29. The zero-order chi connectivity index (χ0) is 15.2. The van der Waals surface area contributed by atoms with Crippen LogP contribution in [0.4, 0.5) is 0 Å². The Labute approximate surface area is 140 Å². The number of halogens is 2. The van der Waals surface area contributed by atoms with Crippen LogP contribution in [0.15, 0.2) is 24.3 Å². The Morgan fingerprint density at radius 3 is 2.86 bits per heavy atom. The number of nitrogens with one attached hydrogen (secondary N) is 2. The van der Waals surface area contributed by atoms with Gasteiger partial charge < -0.3 is 21.1 Å². The molecule has 1 unspecified atom stereocenters. The third kappa shape index (κ3) is 5.46. The molecular weight excluding hydrogens is 329 g/mol. The molecule has 22 heavy (non-hydrogen) atoms. The molecule has 0 bridgehead atoms. The summed E-state index contributed by atoms with van der Waals surface area (Å²) < 4.78 is 5.39. The maximum absolute atomic E-state index is 12.2. The molecular formula is C14H19Cl2N3O3. The normalized spacial score (nSPS) is 18.9. The predicted molar refractivity (Wildman–Crippen MR) is 86.0 cm³/mol. The van der Waals surface area contributed by atoms with E-state index in [9.17, 15) is 9.59 Å². The SMILES string of the molecule is Cl.NC(=O)C[C@@H](NC(=O)C1CNCCO1)c1cccc(Cl)c1. The highest BCUT2D eigenvalue weighted by Crippen LogP contribution is 2.20. The van der Waals surface area contributed by atoms with E-state index in [1.165, 1.54) is 0 Å². The van der Waals surface area contributed by atoms with Gasteiger partial charge in [0, 0.05) is 18.1 Å². The number of nitrogens with two attached hydrogens (primary N) is 1. The van der Waals surface area contributed by atoms with Crippen molar-refractivity contribution in [2.24, 2.45) is 5.73 Å². The molecule has 0 spiro atoms. The van der Waals surface area contributed by atoms with Crippen LogP contribution in [0.1, 0.15) is 18.0 Å². The second kappa shape index (κ2) is 8.95. The van der Waals surface area contributed by atoms with Crippen molar-refractivity contribution >= 4 is 35.8 Å². The van der Waals surface area contributed by atoms with E-state index in [1.54, 1.807) is 24.3 Å². The Morgan fingerprint density at radius 2 is 2.27 bits per heavy atom. The molecule has 0 aliphatic carbocycles. The standard InChI is InChI=1S/C14H18ClN3O3.ClH/c15-10-3-1-2-9(6-10)11(7-13(16)19)18-14(20)12-8-17-4-5-21-12;/h1-3,6,11-12,17H,4-5,7-8H2,(H2,16,19)(H,18,20);1H/t11-,12?;/m1./s1. The lowest BCUT2D eigenvalue weighted by Crippen LogP contribution is -2.48. The van der Waals surface area contributed by atoms with Gasteiger partial charge in [0.1, 0.15) is 6.10 Å². The minimum Gasteiger partial charge on any atom is -0.370 e. The van der Waals surface area contributed by atoms with E-state index in [0.29, 0.717) is 18.2 Å². The van der Waals surface area contributed by atoms with Crippen molar-refractivity contribution in [2.45, 2.75) is 18.6 Å². The lowest BCUT2D eigenvalue weighted by atomic mass is 10.0. The van der Waals surface area contributed by atoms with Crippen molar-refractivity contribution in [3.63, 3.8) is 0 Å². The van der Waals surface area contributed by atoms with E-state index < -0.39 is 18.1 Å². The van der Waals surface area contributed by atoms with Crippen molar-refractivity contribution in [3.05, 3.63) is 34.9 Å². The molecule has 1 aliphatic rings. The fourth-order valence-electron chi connectivity index (χ4n) is 2.18. The molecule has 1 heterocycles. The van der Waals surface area contributed by atoms with Crippen LogP contribution in [0.3, 0.4) is 0 Å². The minimum absolute atomic E-state index is 0. The Kier molecular flexibility index (Phi) is 7.61. The Morgan fingerprint density at radius 1 is 1.50 bits per heavy atom.